The average molecular weight is 301 g/mol. The van der Waals surface area contributed by atoms with Crippen LogP contribution in [-0.2, 0) is 11.2 Å². The minimum atomic E-state index is -4.74. The molecule has 7 heteroatoms. The van der Waals surface area contributed by atoms with E-state index in [1.165, 1.54) is 6.07 Å². The van der Waals surface area contributed by atoms with Crippen LogP contribution in [0.4, 0.5) is 13.2 Å². The zero-order valence-electron chi connectivity index (χ0n) is 11.0. The van der Waals surface area contributed by atoms with Gasteiger partial charge in [0.05, 0.1) is 19.0 Å². The van der Waals surface area contributed by atoms with Gasteiger partial charge < -0.3 is 15.1 Å². The quantitative estimate of drug-likeness (QED) is 0.827. The van der Waals surface area contributed by atoms with Crippen molar-refractivity contribution in [2.24, 2.45) is 0 Å². The topological polar surface area (TPSA) is 60.8 Å². The van der Waals surface area contributed by atoms with Crippen LogP contribution in [0.5, 0.6) is 5.75 Å². The van der Waals surface area contributed by atoms with Crippen LogP contribution >= 0.6 is 0 Å². The van der Waals surface area contributed by atoms with Crippen LogP contribution < -0.4 is 0 Å². The van der Waals surface area contributed by atoms with E-state index >= 15 is 0 Å². The number of hydrogen-bond donors (Lipinski definition) is 2. The summed E-state index contributed by atoms with van der Waals surface area (Å²) in [5, 5.41) is 19.2. The Balaban J connectivity index is 1.76. The van der Waals surface area contributed by atoms with Gasteiger partial charge in [0.15, 0.2) is 5.60 Å². The van der Waals surface area contributed by atoms with Gasteiger partial charge in [0.25, 0.3) is 0 Å². The number of aliphatic hydroxyl groups is 1. The molecule has 2 aliphatic rings. The second-order valence-corrected chi connectivity index (χ2v) is 5.66. The van der Waals surface area contributed by atoms with Crippen LogP contribution in [0.25, 0.3) is 0 Å². The number of nitrogens with zero attached hydrogens (tertiary/aromatic N) is 1. The third kappa shape index (κ3) is 2.07. The minimum Gasteiger partial charge on any atom is -0.508 e. The van der Waals surface area contributed by atoms with Crippen molar-refractivity contribution >= 4 is 5.91 Å². The van der Waals surface area contributed by atoms with Crippen molar-refractivity contribution in [1.82, 2.24) is 4.90 Å². The van der Waals surface area contributed by atoms with E-state index in [2.05, 4.69) is 0 Å². The maximum atomic E-state index is 12.6. The van der Waals surface area contributed by atoms with Gasteiger partial charge in [-0.25, -0.2) is 0 Å². The van der Waals surface area contributed by atoms with Gasteiger partial charge >= 0.3 is 6.18 Å². The van der Waals surface area contributed by atoms with Crippen LogP contribution in [0.2, 0.25) is 0 Å². The highest BCUT2D eigenvalue weighted by Gasteiger charge is 2.62. The standard InChI is InChI=1S/C14H14F3NO3/c15-14(16,17)13(21)6-18(7-13)12(20)9-5-4-8-2-1-3-10(19)11(8)9/h1-3,9,19,21H,4-7H2/t9-/m1/s1. The fourth-order valence-electron chi connectivity index (χ4n) is 3.05. The number of amides is 1. The molecular formula is C14H14F3NO3. The molecule has 1 amide bonds. The number of hydrogen-bond acceptors (Lipinski definition) is 3. The minimum absolute atomic E-state index is 0.00467. The number of halogens is 3. The summed E-state index contributed by atoms with van der Waals surface area (Å²) in [5.74, 6) is -1.10. The van der Waals surface area contributed by atoms with E-state index in [1.54, 1.807) is 12.1 Å². The Morgan fingerprint density at radius 1 is 1.33 bits per heavy atom. The average Bonchev–Trinajstić information content (AvgIpc) is 2.78. The number of rotatable bonds is 1. The maximum absolute atomic E-state index is 12.6. The molecule has 21 heavy (non-hydrogen) atoms. The molecule has 1 aliphatic heterocycles. The molecule has 0 saturated carbocycles. The molecule has 2 N–H and O–H groups in total. The van der Waals surface area contributed by atoms with E-state index in [0.29, 0.717) is 18.4 Å². The van der Waals surface area contributed by atoms with Crippen molar-refractivity contribution in [3.05, 3.63) is 29.3 Å². The SMILES string of the molecule is O=C([C@@H]1CCc2cccc(O)c21)N1CC(O)(C(F)(F)F)C1. The van der Waals surface area contributed by atoms with Crippen molar-refractivity contribution in [3.8, 4) is 5.75 Å². The summed E-state index contributed by atoms with van der Waals surface area (Å²) in [6.07, 6.45) is -3.66. The number of phenols is 1. The van der Waals surface area contributed by atoms with E-state index < -0.39 is 36.7 Å². The summed E-state index contributed by atoms with van der Waals surface area (Å²) in [7, 11) is 0. The molecule has 0 aromatic heterocycles. The van der Waals surface area contributed by atoms with Gasteiger partial charge in [0, 0.05) is 5.56 Å². The lowest BCUT2D eigenvalue weighted by Gasteiger charge is -2.47. The maximum Gasteiger partial charge on any atom is 0.420 e. The molecule has 1 aromatic rings. The normalized spacial score (nSPS) is 23.6. The number of carbonyl (C=O) groups is 1. The first-order chi connectivity index (χ1) is 9.73. The summed E-state index contributed by atoms with van der Waals surface area (Å²) < 4.78 is 37.7. The fourth-order valence-corrected chi connectivity index (χ4v) is 3.05. The summed E-state index contributed by atoms with van der Waals surface area (Å²) in [4.78, 5) is 13.3. The first-order valence-electron chi connectivity index (χ1n) is 6.61. The lowest BCUT2D eigenvalue weighted by Crippen LogP contribution is -2.70. The molecule has 0 bridgehead atoms. The Morgan fingerprint density at radius 3 is 2.62 bits per heavy atom. The molecule has 1 aromatic carbocycles. The van der Waals surface area contributed by atoms with Crippen molar-refractivity contribution in [1.29, 1.82) is 0 Å². The first-order valence-corrected chi connectivity index (χ1v) is 6.61. The Bertz CT molecular complexity index is 594. The number of likely N-dealkylation sites (tertiary alicyclic amines) is 1. The number of β-amino-alcohol motifs (C(OH)–C–C–N with tert-alkyl or cyclic N) is 1. The number of aromatic hydroxyl groups is 1. The van der Waals surface area contributed by atoms with E-state index in [-0.39, 0.29) is 5.75 Å². The van der Waals surface area contributed by atoms with Gasteiger partial charge in [0.2, 0.25) is 5.91 Å². The molecule has 1 atom stereocenters. The summed E-state index contributed by atoms with van der Waals surface area (Å²) in [6, 6.07) is 4.93. The molecule has 114 valence electrons. The Labute approximate surface area is 118 Å². The van der Waals surface area contributed by atoms with Gasteiger partial charge in [-0.05, 0) is 24.5 Å². The van der Waals surface area contributed by atoms with Gasteiger partial charge in [0.1, 0.15) is 5.75 Å². The smallest absolute Gasteiger partial charge is 0.420 e. The third-order valence-electron chi connectivity index (χ3n) is 4.27. The number of benzene rings is 1. The molecule has 1 fully saturated rings. The second kappa shape index (κ2) is 4.37. The lowest BCUT2D eigenvalue weighted by molar-refractivity contribution is -0.297. The van der Waals surface area contributed by atoms with Crippen molar-refractivity contribution in [2.75, 3.05) is 13.1 Å². The van der Waals surface area contributed by atoms with Crippen molar-refractivity contribution in [2.45, 2.75) is 30.5 Å². The van der Waals surface area contributed by atoms with Crippen LogP contribution in [0.3, 0.4) is 0 Å². The van der Waals surface area contributed by atoms with E-state index in [9.17, 15) is 28.2 Å². The molecule has 0 radical (unpaired) electrons. The first kappa shape index (κ1) is 14.2. The molecule has 4 nitrogen and oxygen atoms in total. The Morgan fingerprint density at radius 2 is 2.00 bits per heavy atom. The zero-order chi connectivity index (χ0) is 15.4. The highest BCUT2D eigenvalue weighted by molar-refractivity contribution is 5.87. The van der Waals surface area contributed by atoms with Gasteiger partial charge in [-0.2, -0.15) is 13.2 Å². The Kier molecular flexibility index (Phi) is 2.95. The zero-order valence-corrected chi connectivity index (χ0v) is 11.0. The number of alkyl halides is 3. The lowest BCUT2D eigenvalue weighted by atomic mass is 9.90. The second-order valence-electron chi connectivity index (χ2n) is 5.66. The van der Waals surface area contributed by atoms with Gasteiger partial charge in [-0.3, -0.25) is 4.79 Å². The number of fused-ring (bicyclic) bond motifs is 1. The predicted octanol–water partition coefficient (Wildman–Crippen LogP) is 1.56. The highest BCUT2D eigenvalue weighted by atomic mass is 19.4. The van der Waals surface area contributed by atoms with E-state index in [1.807, 2.05) is 0 Å². The number of carbonyl (C=O) groups excluding carboxylic acids is 1. The number of aryl methyl sites for hydroxylation is 1. The van der Waals surface area contributed by atoms with Crippen molar-refractivity contribution < 1.29 is 28.2 Å². The molecule has 0 spiro atoms. The third-order valence-corrected chi connectivity index (χ3v) is 4.27. The molecular weight excluding hydrogens is 287 g/mol. The summed E-state index contributed by atoms with van der Waals surface area (Å²) in [6.45, 7) is -1.48. The molecule has 1 aliphatic carbocycles. The van der Waals surface area contributed by atoms with Crippen LogP contribution in [0.1, 0.15) is 23.5 Å². The van der Waals surface area contributed by atoms with Crippen molar-refractivity contribution in [3.63, 3.8) is 0 Å². The summed E-state index contributed by atoms with van der Waals surface area (Å²) in [5.41, 5.74) is -1.45. The van der Waals surface area contributed by atoms with E-state index in [4.69, 9.17) is 0 Å². The largest absolute Gasteiger partial charge is 0.508 e. The molecule has 1 heterocycles. The van der Waals surface area contributed by atoms with Gasteiger partial charge in [-0.1, -0.05) is 12.1 Å². The van der Waals surface area contributed by atoms with Crippen LogP contribution in [0, 0.1) is 0 Å². The molecule has 0 unspecified atom stereocenters. The predicted molar refractivity (Wildman–Crippen MR) is 66.8 cm³/mol. The molecule has 3 rings (SSSR count). The van der Waals surface area contributed by atoms with Gasteiger partial charge in [-0.15, -0.1) is 0 Å². The van der Waals surface area contributed by atoms with Crippen LogP contribution in [0.15, 0.2) is 18.2 Å². The Hall–Kier alpha value is -1.76. The summed E-state index contributed by atoms with van der Waals surface area (Å²) >= 11 is 0. The molecule has 1 saturated heterocycles. The van der Waals surface area contributed by atoms with E-state index in [0.717, 1.165) is 10.5 Å². The fraction of sp³-hybridized carbons (Fsp3) is 0.500. The van der Waals surface area contributed by atoms with Crippen LogP contribution in [-0.4, -0.2) is 45.9 Å². The monoisotopic (exact) mass is 301 g/mol. The highest BCUT2D eigenvalue weighted by Crippen LogP contribution is 2.43. The number of phenolic OH excluding ortho intramolecular Hbond substituents is 1.